The van der Waals surface area contributed by atoms with E-state index in [9.17, 15) is 0 Å². The Hall–Kier alpha value is -2.02. The molecule has 4 rings (SSSR count). The zero-order chi connectivity index (χ0) is 17.4. The molecule has 1 aliphatic rings. The van der Waals surface area contributed by atoms with Crippen LogP contribution in [0.15, 0.2) is 39.8 Å². The number of anilines is 1. The molecular formula is C17H13Cl2N3O2S. The molecular weight excluding hydrogens is 381 g/mol. The van der Waals surface area contributed by atoms with Crippen molar-refractivity contribution < 1.29 is 9.26 Å². The van der Waals surface area contributed by atoms with Crippen molar-refractivity contribution in [3.8, 4) is 11.3 Å². The number of ether oxygens (including phenoxy) is 1. The lowest BCUT2D eigenvalue weighted by Gasteiger charge is -2.14. The van der Waals surface area contributed by atoms with Crippen molar-refractivity contribution in [3.05, 3.63) is 56.6 Å². The number of aliphatic imine (C=N–C) groups is 1. The van der Waals surface area contributed by atoms with Gasteiger partial charge in [0.15, 0.2) is 12.4 Å². The zero-order valence-corrected chi connectivity index (χ0v) is 15.5. The van der Waals surface area contributed by atoms with E-state index < -0.39 is 0 Å². The van der Waals surface area contributed by atoms with Gasteiger partial charge in [-0.15, -0.1) is 11.3 Å². The molecule has 5 nitrogen and oxygen atoms in total. The van der Waals surface area contributed by atoms with Crippen LogP contribution in [0.3, 0.4) is 0 Å². The Morgan fingerprint density at radius 3 is 2.96 bits per heavy atom. The molecule has 0 fully saturated rings. The lowest BCUT2D eigenvalue weighted by molar-refractivity contribution is 0.239. The molecule has 0 atom stereocenters. The van der Waals surface area contributed by atoms with Crippen LogP contribution in [0.25, 0.3) is 11.3 Å². The molecule has 1 N–H and O–H groups in total. The van der Waals surface area contributed by atoms with Crippen LogP contribution in [0.5, 0.6) is 0 Å². The number of halogens is 2. The van der Waals surface area contributed by atoms with Crippen molar-refractivity contribution in [2.45, 2.75) is 13.5 Å². The average Bonchev–Trinajstić information content (AvgIpc) is 3.18. The summed E-state index contributed by atoms with van der Waals surface area (Å²) in [6.07, 6.45) is 0. The first-order valence-electron chi connectivity index (χ1n) is 7.53. The number of hydrogen-bond acceptors (Lipinski definition) is 6. The van der Waals surface area contributed by atoms with Crippen LogP contribution < -0.4 is 5.32 Å². The Morgan fingerprint density at radius 1 is 1.24 bits per heavy atom. The van der Waals surface area contributed by atoms with Gasteiger partial charge in [0.1, 0.15) is 17.4 Å². The molecule has 0 radical (unpaired) electrons. The second kappa shape index (κ2) is 6.71. The van der Waals surface area contributed by atoms with E-state index >= 15 is 0 Å². The second-order valence-electron chi connectivity index (χ2n) is 5.49. The number of thiophene rings is 1. The molecule has 128 valence electrons. The van der Waals surface area contributed by atoms with E-state index in [1.165, 1.54) is 4.88 Å². The molecule has 0 unspecified atom stereocenters. The van der Waals surface area contributed by atoms with Gasteiger partial charge < -0.3 is 14.6 Å². The summed E-state index contributed by atoms with van der Waals surface area (Å²) < 4.78 is 11.2. The summed E-state index contributed by atoms with van der Waals surface area (Å²) >= 11 is 13.8. The molecule has 0 aliphatic carbocycles. The Balaban J connectivity index is 1.49. The van der Waals surface area contributed by atoms with E-state index in [2.05, 4.69) is 28.5 Å². The van der Waals surface area contributed by atoms with E-state index in [1.807, 2.05) is 6.07 Å². The summed E-state index contributed by atoms with van der Waals surface area (Å²) in [5, 5.41) is 9.47. The summed E-state index contributed by atoms with van der Waals surface area (Å²) in [4.78, 5) is 5.58. The van der Waals surface area contributed by atoms with Gasteiger partial charge in [0, 0.05) is 21.5 Å². The fourth-order valence-corrected chi connectivity index (χ4v) is 3.94. The number of aromatic nitrogens is 1. The molecule has 0 saturated heterocycles. The van der Waals surface area contributed by atoms with Gasteiger partial charge in [-0.05, 0) is 31.2 Å². The highest BCUT2D eigenvalue weighted by molar-refractivity contribution is 7.16. The monoisotopic (exact) mass is 393 g/mol. The van der Waals surface area contributed by atoms with Gasteiger partial charge in [-0.25, -0.2) is 4.99 Å². The highest BCUT2D eigenvalue weighted by atomic mass is 35.5. The summed E-state index contributed by atoms with van der Waals surface area (Å²) in [7, 11) is 0. The van der Waals surface area contributed by atoms with Crippen LogP contribution in [-0.4, -0.2) is 17.7 Å². The van der Waals surface area contributed by atoms with Crippen LogP contribution in [-0.2, 0) is 11.3 Å². The van der Waals surface area contributed by atoms with Crippen LogP contribution in [0.4, 0.5) is 5.00 Å². The van der Waals surface area contributed by atoms with Gasteiger partial charge in [0.25, 0.3) is 0 Å². The minimum absolute atomic E-state index is 0.241. The van der Waals surface area contributed by atoms with Crippen molar-refractivity contribution in [3.63, 3.8) is 0 Å². The predicted molar refractivity (Wildman–Crippen MR) is 101 cm³/mol. The highest BCUT2D eigenvalue weighted by Crippen LogP contribution is 2.32. The lowest BCUT2D eigenvalue weighted by Crippen LogP contribution is -2.16. The highest BCUT2D eigenvalue weighted by Gasteiger charge is 2.19. The van der Waals surface area contributed by atoms with Gasteiger partial charge in [0.05, 0.1) is 10.6 Å². The Labute approximate surface area is 158 Å². The fraction of sp³-hybridized carbons (Fsp3) is 0.176. The van der Waals surface area contributed by atoms with Crippen LogP contribution in [0.1, 0.15) is 16.2 Å². The molecule has 3 aromatic rings. The summed E-state index contributed by atoms with van der Waals surface area (Å²) in [6.45, 7) is 2.80. The molecule has 3 heterocycles. The number of nitrogens with one attached hydrogen (secondary N) is 1. The van der Waals surface area contributed by atoms with Gasteiger partial charge in [-0.1, -0.05) is 28.4 Å². The van der Waals surface area contributed by atoms with E-state index in [0.29, 0.717) is 34.1 Å². The topological polar surface area (TPSA) is 59.7 Å². The third kappa shape index (κ3) is 3.38. The summed E-state index contributed by atoms with van der Waals surface area (Å²) in [5.74, 6) is 1.20. The standard InChI is InChI=1S/C17H13Cl2N3O2S/c1-9-4-13-16(20-8-21-17(13)25-9)23-7-11-6-15(22-24-11)12-3-2-10(18)5-14(12)19/h2-6,21H,7-8H2,1H3. The van der Waals surface area contributed by atoms with Crippen molar-refractivity contribution in [2.24, 2.45) is 4.99 Å². The smallest absolute Gasteiger partial charge is 0.221 e. The maximum Gasteiger partial charge on any atom is 0.221 e. The first-order valence-corrected chi connectivity index (χ1v) is 9.10. The fourth-order valence-electron chi connectivity index (χ4n) is 2.54. The van der Waals surface area contributed by atoms with Crippen LogP contribution in [0, 0.1) is 6.92 Å². The maximum absolute atomic E-state index is 6.21. The molecule has 0 saturated carbocycles. The number of benzene rings is 1. The molecule has 2 aromatic heterocycles. The van der Waals surface area contributed by atoms with Gasteiger partial charge >= 0.3 is 0 Å². The zero-order valence-electron chi connectivity index (χ0n) is 13.2. The van der Waals surface area contributed by atoms with E-state index in [1.54, 1.807) is 29.5 Å². The predicted octanol–water partition coefficient (Wildman–Crippen LogP) is 5.36. The lowest BCUT2D eigenvalue weighted by atomic mass is 10.1. The second-order valence-corrected chi connectivity index (χ2v) is 7.59. The normalized spacial score (nSPS) is 13.2. The first-order chi connectivity index (χ1) is 12.1. The molecule has 25 heavy (non-hydrogen) atoms. The third-order valence-corrected chi connectivity index (χ3v) is 5.22. The van der Waals surface area contributed by atoms with Gasteiger partial charge in [-0.2, -0.15) is 0 Å². The average molecular weight is 394 g/mol. The van der Waals surface area contributed by atoms with Crippen molar-refractivity contribution in [1.82, 2.24) is 5.16 Å². The minimum Gasteiger partial charge on any atom is -0.469 e. The number of nitrogens with zero attached hydrogens (tertiary/aromatic N) is 2. The number of aryl methyl sites for hydroxylation is 1. The van der Waals surface area contributed by atoms with Crippen molar-refractivity contribution >= 4 is 45.4 Å². The maximum atomic E-state index is 6.21. The number of hydrogen-bond donors (Lipinski definition) is 1. The molecule has 8 heteroatoms. The minimum atomic E-state index is 0.241. The third-order valence-electron chi connectivity index (χ3n) is 3.67. The van der Waals surface area contributed by atoms with E-state index in [0.717, 1.165) is 16.1 Å². The van der Waals surface area contributed by atoms with Gasteiger partial charge in [0.2, 0.25) is 5.90 Å². The van der Waals surface area contributed by atoms with Crippen LogP contribution >= 0.6 is 34.5 Å². The van der Waals surface area contributed by atoms with E-state index in [4.69, 9.17) is 32.5 Å². The van der Waals surface area contributed by atoms with E-state index in [-0.39, 0.29) is 6.61 Å². The molecule has 0 spiro atoms. The Kier molecular flexibility index (Phi) is 4.41. The Morgan fingerprint density at radius 2 is 2.12 bits per heavy atom. The molecule has 0 amide bonds. The molecule has 0 bridgehead atoms. The quantitative estimate of drug-likeness (QED) is 0.649. The molecule has 1 aromatic carbocycles. The largest absolute Gasteiger partial charge is 0.469 e. The van der Waals surface area contributed by atoms with Crippen molar-refractivity contribution in [2.75, 3.05) is 12.0 Å². The number of rotatable bonds is 3. The number of fused-ring (bicyclic) bond motifs is 1. The first kappa shape index (κ1) is 16.4. The van der Waals surface area contributed by atoms with Gasteiger partial charge in [-0.3, -0.25) is 0 Å². The summed E-state index contributed by atoms with van der Waals surface area (Å²) in [5.41, 5.74) is 2.38. The SMILES string of the molecule is Cc1cc2c(s1)NCN=C2OCc1cc(-c2ccc(Cl)cc2Cl)no1. The Bertz CT molecular complexity index is 965. The van der Waals surface area contributed by atoms with Crippen LogP contribution in [0.2, 0.25) is 10.0 Å². The van der Waals surface area contributed by atoms with Crippen molar-refractivity contribution in [1.29, 1.82) is 0 Å². The molecule has 1 aliphatic heterocycles. The summed E-state index contributed by atoms with van der Waals surface area (Å²) in [6, 6.07) is 9.11.